The molecule has 0 aliphatic heterocycles. The highest BCUT2D eigenvalue weighted by atomic mass is 16.3. The van der Waals surface area contributed by atoms with Crippen molar-refractivity contribution in [1.82, 2.24) is 0 Å². The highest BCUT2D eigenvalue weighted by Crippen LogP contribution is 2.17. The Kier molecular flexibility index (Phi) is 2.55. The number of hydrogen-bond donors (Lipinski definition) is 1. The highest BCUT2D eigenvalue weighted by Gasteiger charge is 2.05. The van der Waals surface area contributed by atoms with Crippen molar-refractivity contribution in [2.45, 2.75) is 25.8 Å². The van der Waals surface area contributed by atoms with Crippen molar-refractivity contribution in [2.75, 3.05) is 0 Å². The predicted octanol–water partition coefficient (Wildman–Crippen LogP) is 2.00. The summed E-state index contributed by atoms with van der Waals surface area (Å²) < 4.78 is 5.29. The summed E-state index contributed by atoms with van der Waals surface area (Å²) in [6, 6.07) is 8.86. The van der Waals surface area contributed by atoms with E-state index in [1.807, 2.05) is 12.1 Å². The van der Waals surface area contributed by atoms with Gasteiger partial charge < -0.3 is 10.2 Å². The van der Waals surface area contributed by atoms with Gasteiger partial charge in [-0.15, -0.1) is 0 Å². The van der Waals surface area contributed by atoms with Crippen LogP contribution in [0.15, 0.2) is 34.9 Å². The molecule has 1 aromatic heterocycles. The molecule has 0 aliphatic carbocycles. The monoisotopic (exact) mass is 190 g/mol. The van der Waals surface area contributed by atoms with Crippen LogP contribution < -0.4 is 5.73 Å². The molecule has 2 heteroatoms. The Labute approximate surface area is 83.7 Å². The van der Waals surface area contributed by atoms with Gasteiger partial charge in [0.15, 0.2) is 0 Å². The third-order valence-corrected chi connectivity index (χ3v) is 2.62. The van der Waals surface area contributed by atoms with Crippen molar-refractivity contribution < 1.29 is 10.2 Å². The number of benzene rings is 1. The molecule has 0 aliphatic rings. The van der Waals surface area contributed by atoms with E-state index in [9.17, 15) is 0 Å². The molecule has 0 amide bonds. The van der Waals surface area contributed by atoms with Crippen LogP contribution in [-0.2, 0) is 6.42 Å². The first kappa shape index (κ1) is 9.28. The Morgan fingerprint density at radius 1 is 1.36 bits per heavy atom. The lowest BCUT2D eigenvalue weighted by molar-refractivity contribution is -0.419. The van der Waals surface area contributed by atoms with Crippen molar-refractivity contribution in [2.24, 2.45) is 0 Å². The molecular formula is C12H16NO+. The number of quaternary nitrogens is 1. The van der Waals surface area contributed by atoms with E-state index in [4.69, 9.17) is 4.42 Å². The Bertz CT molecular complexity index is 419. The van der Waals surface area contributed by atoms with Crippen molar-refractivity contribution in [3.8, 4) is 0 Å². The van der Waals surface area contributed by atoms with Crippen molar-refractivity contribution in [3.05, 3.63) is 36.1 Å². The second kappa shape index (κ2) is 3.84. The topological polar surface area (TPSA) is 40.8 Å². The second-order valence-corrected chi connectivity index (χ2v) is 3.77. The maximum atomic E-state index is 5.29. The lowest BCUT2D eigenvalue weighted by Gasteiger charge is -2.05. The van der Waals surface area contributed by atoms with E-state index in [1.54, 1.807) is 6.26 Å². The van der Waals surface area contributed by atoms with Crippen LogP contribution >= 0.6 is 0 Å². The Balaban J connectivity index is 2.25. The van der Waals surface area contributed by atoms with Crippen LogP contribution in [0.4, 0.5) is 0 Å². The van der Waals surface area contributed by atoms with Gasteiger partial charge in [-0.25, -0.2) is 0 Å². The molecule has 2 aromatic rings. The molecule has 1 atom stereocenters. The van der Waals surface area contributed by atoms with Gasteiger partial charge in [0.2, 0.25) is 0 Å². The summed E-state index contributed by atoms with van der Waals surface area (Å²) >= 11 is 0. The van der Waals surface area contributed by atoms with E-state index < -0.39 is 0 Å². The quantitative estimate of drug-likeness (QED) is 0.790. The summed E-state index contributed by atoms with van der Waals surface area (Å²) in [4.78, 5) is 0. The largest absolute Gasteiger partial charge is 0.464 e. The summed E-state index contributed by atoms with van der Waals surface area (Å²) in [6.07, 6.45) is 3.91. The van der Waals surface area contributed by atoms with Crippen molar-refractivity contribution in [3.63, 3.8) is 0 Å². The van der Waals surface area contributed by atoms with E-state index in [2.05, 4.69) is 24.8 Å². The van der Waals surface area contributed by atoms with Gasteiger partial charge in [0, 0.05) is 11.8 Å². The third-order valence-electron chi connectivity index (χ3n) is 2.62. The average molecular weight is 190 g/mol. The van der Waals surface area contributed by atoms with Crippen LogP contribution in [0.25, 0.3) is 11.0 Å². The van der Waals surface area contributed by atoms with Gasteiger partial charge in [0.25, 0.3) is 0 Å². The fraction of sp³-hybridized carbons (Fsp3) is 0.333. The van der Waals surface area contributed by atoms with Gasteiger partial charge >= 0.3 is 0 Å². The molecule has 74 valence electrons. The highest BCUT2D eigenvalue weighted by molar-refractivity contribution is 5.77. The van der Waals surface area contributed by atoms with Gasteiger partial charge in [0.1, 0.15) is 5.58 Å². The molecule has 0 saturated heterocycles. The van der Waals surface area contributed by atoms with Crippen molar-refractivity contribution >= 4 is 11.0 Å². The molecule has 0 radical (unpaired) electrons. The number of furan rings is 1. The van der Waals surface area contributed by atoms with Crippen LogP contribution in [0.3, 0.4) is 0 Å². The predicted molar refractivity (Wildman–Crippen MR) is 56.9 cm³/mol. The summed E-state index contributed by atoms with van der Waals surface area (Å²) in [5, 5.41) is 1.19. The smallest absolute Gasteiger partial charge is 0.133 e. The fourth-order valence-corrected chi connectivity index (χ4v) is 1.62. The first-order valence-electron chi connectivity index (χ1n) is 5.09. The van der Waals surface area contributed by atoms with Crippen LogP contribution in [0.1, 0.15) is 18.9 Å². The minimum atomic E-state index is 0.513. The molecule has 0 spiro atoms. The zero-order valence-electron chi connectivity index (χ0n) is 8.49. The normalized spacial score (nSPS) is 13.3. The Morgan fingerprint density at radius 3 is 3.00 bits per heavy atom. The fourth-order valence-electron chi connectivity index (χ4n) is 1.62. The maximum Gasteiger partial charge on any atom is 0.133 e. The molecule has 0 fully saturated rings. The van der Waals surface area contributed by atoms with Crippen LogP contribution in [-0.4, -0.2) is 6.04 Å². The van der Waals surface area contributed by atoms with E-state index in [0.29, 0.717) is 6.04 Å². The number of fused-ring (bicyclic) bond motifs is 1. The summed E-state index contributed by atoms with van der Waals surface area (Å²) in [5.74, 6) is 0. The lowest BCUT2D eigenvalue weighted by Crippen LogP contribution is -2.61. The minimum Gasteiger partial charge on any atom is -0.464 e. The minimum absolute atomic E-state index is 0.513. The molecule has 14 heavy (non-hydrogen) atoms. The van der Waals surface area contributed by atoms with Gasteiger partial charge in [-0.3, -0.25) is 0 Å². The zero-order chi connectivity index (χ0) is 9.97. The van der Waals surface area contributed by atoms with Crippen molar-refractivity contribution in [1.29, 1.82) is 0 Å². The molecule has 2 rings (SSSR count). The molecule has 1 heterocycles. The van der Waals surface area contributed by atoms with E-state index in [0.717, 1.165) is 18.4 Å². The van der Waals surface area contributed by atoms with E-state index in [-0.39, 0.29) is 0 Å². The van der Waals surface area contributed by atoms with Gasteiger partial charge in [-0.05, 0) is 30.2 Å². The first-order valence-corrected chi connectivity index (χ1v) is 5.09. The average Bonchev–Trinajstić information content (AvgIpc) is 2.64. The molecule has 0 unspecified atom stereocenters. The number of hydrogen-bond acceptors (Lipinski definition) is 1. The zero-order valence-corrected chi connectivity index (χ0v) is 8.49. The molecule has 0 saturated carbocycles. The Hall–Kier alpha value is -1.28. The maximum absolute atomic E-state index is 5.29. The molecule has 1 aromatic carbocycles. The van der Waals surface area contributed by atoms with Gasteiger partial charge in [-0.2, -0.15) is 0 Å². The van der Waals surface area contributed by atoms with E-state index in [1.165, 1.54) is 10.9 Å². The third kappa shape index (κ3) is 1.80. The first-order chi connectivity index (χ1) is 6.79. The number of rotatable bonds is 3. The molecule has 3 N–H and O–H groups in total. The molecule has 0 bridgehead atoms. The SMILES string of the molecule is CC[C@H]([NH3+])Cc1ccc2occc2c1. The van der Waals surface area contributed by atoms with Gasteiger partial charge in [-0.1, -0.05) is 13.0 Å². The van der Waals surface area contributed by atoms with Crippen LogP contribution in [0.2, 0.25) is 0 Å². The Morgan fingerprint density at radius 2 is 2.21 bits per heavy atom. The molecule has 2 nitrogen and oxygen atoms in total. The lowest BCUT2D eigenvalue weighted by atomic mass is 10.0. The van der Waals surface area contributed by atoms with Crippen LogP contribution in [0, 0.1) is 0 Å². The second-order valence-electron chi connectivity index (χ2n) is 3.77. The van der Waals surface area contributed by atoms with Crippen LogP contribution in [0.5, 0.6) is 0 Å². The summed E-state index contributed by atoms with van der Waals surface area (Å²) in [6.45, 7) is 2.17. The standard InChI is InChI=1S/C12H15NO/c1-2-11(13)8-9-3-4-12-10(7-9)5-6-14-12/h3-7,11H,2,8,13H2,1H3/p+1/t11-/m0/s1. The summed E-state index contributed by atoms with van der Waals surface area (Å²) in [7, 11) is 0. The molecular weight excluding hydrogens is 174 g/mol. The van der Waals surface area contributed by atoms with E-state index >= 15 is 0 Å². The summed E-state index contributed by atoms with van der Waals surface area (Å²) in [5.41, 5.74) is 6.41. The van der Waals surface area contributed by atoms with Gasteiger partial charge in [0.05, 0.1) is 12.3 Å².